The fraction of sp³-hybridized carbons (Fsp3) is 0.727. The monoisotopic (exact) mass is 291 g/mol. The maximum atomic E-state index is 12.4. The lowest BCUT2D eigenvalue weighted by Gasteiger charge is -2.23. The first-order valence-electron chi connectivity index (χ1n) is 6.05. The number of hydrogen-bond acceptors (Lipinski definition) is 3. The maximum Gasteiger partial charge on any atom is 0.262 e. The van der Waals surface area contributed by atoms with Crippen LogP contribution >= 0.6 is 11.6 Å². The fourth-order valence-electron chi connectivity index (χ4n) is 2.38. The third kappa shape index (κ3) is 2.70. The van der Waals surface area contributed by atoms with E-state index in [2.05, 4.69) is 4.98 Å². The summed E-state index contributed by atoms with van der Waals surface area (Å²) in [5.41, 5.74) is 0. The van der Waals surface area contributed by atoms with Gasteiger partial charge in [-0.2, -0.15) is 4.31 Å². The van der Waals surface area contributed by atoms with E-state index in [1.165, 1.54) is 12.5 Å². The number of aromatic nitrogens is 2. The first-order valence-corrected chi connectivity index (χ1v) is 7.93. The zero-order chi connectivity index (χ0) is 13.3. The molecule has 0 amide bonds. The van der Waals surface area contributed by atoms with Crippen LogP contribution in [0.4, 0.5) is 0 Å². The summed E-state index contributed by atoms with van der Waals surface area (Å²) in [6.45, 7) is 2.46. The van der Waals surface area contributed by atoms with E-state index in [1.807, 2.05) is 6.92 Å². The van der Waals surface area contributed by atoms with Gasteiger partial charge in [0, 0.05) is 31.2 Å². The molecule has 18 heavy (non-hydrogen) atoms. The number of halogens is 1. The summed E-state index contributed by atoms with van der Waals surface area (Å²) in [5, 5.41) is 0.105. The van der Waals surface area contributed by atoms with Gasteiger partial charge < -0.3 is 4.57 Å². The summed E-state index contributed by atoms with van der Waals surface area (Å²) in [6, 6.07) is 0.00417. The summed E-state index contributed by atoms with van der Waals surface area (Å²) < 4.78 is 28.1. The molecule has 102 valence electrons. The van der Waals surface area contributed by atoms with Crippen LogP contribution in [0.2, 0.25) is 0 Å². The molecule has 1 aliphatic heterocycles. The molecule has 1 saturated heterocycles. The van der Waals surface area contributed by atoms with Crippen molar-refractivity contribution in [2.75, 3.05) is 6.54 Å². The Bertz CT molecular complexity index is 512. The topological polar surface area (TPSA) is 55.2 Å². The summed E-state index contributed by atoms with van der Waals surface area (Å²) in [5.74, 6) is 0. The Hall–Kier alpha value is -0.590. The lowest BCUT2D eigenvalue weighted by molar-refractivity contribution is 0.368. The van der Waals surface area contributed by atoms with Crippen molar-refractivity contribution in [1.82, 2.24) is 13.9 Å². The molecule has 2 atom stereocenters. The molecule has 0 bridgehead atoms. The van der Waals surface area contributed by atoms with Gasteiger partial charge in [-0.1, -0.05) is 0 Å². The van der Waals surface area contributed by atoms with Gasteiger partial charge in [0.05, 0.1) is 6.33 Å². The maximum absolute atomic E-state index is 12.4. The van der Waals surface area contributed by atoms with E-state index >= 15 is 0 Å². The van der Waals surface area contributed by atoms with E-state index < -0.39 is 10.0 Å². The fourth-order valence-corrected chi connectivity index (χ4v) is 4.26. The highest BCUT2D eigenvalue weighted by Gasteiger charge is 2.36. The molecular weight excluding hydrogens is 274 g/mol. The molecule has 1 aromatic rings. The molecule has 0 radical (unpaired) electrons. The van der Waals surface area contributed by atoms with Crippen molar-refractivity contribution in [3.63, 3.8) is 0 Å². The van der Waals surface area contributed by atoms with E-state index in [0.29, 0.717) is 13.0 Å². The molecule has 0 saturated carbocycles. The van der Waals surface area contributed by atoms with Crippen LogP contribution in [0.1, 0.15) is 26.2 Å². The minimum atomic E-state index is -3.47. The Morgan fingerprint density at radius 1 is 1.61 bits per heavy atom. The van der Waals surface area contributed by atoms with Crippen molar-refractivity contribution in [3.05, 3.63) is 12.5 Å². The third-order valence-corrected chi connectivity index (χ3v) is 5.19. The minimum absolute atomic E-state index is 0.00417. The van der Waals surface area contributed by atoms with E-state index in [0.717, 1.165) is 12.8 Å². The third-order valence-electron chi connectivity index (χ3n) is 3.17. The quantitative estimate of drug-likeness (QED) is 0.792. The largest absolute Gasteiger partial charge is 0.339 e. The van der Waals surface area contributed by atoms with Crippen LogP contribution in [0.5, 0.6) is 0 Å². The molecule has 5 nitrogen and oxygen atoms in total. The lowest BCUT2D eigenvalue weighted by atomic mass is 10.1. The standard InChI is InChI=1S/C11H18ClN3O2S/c1-9(12)6-10-4-3-5-15(10)18(16,17)11-7-14(2)8-13-11/h7-10H,3-6H2,1-2H3. The van der Waals surface area contributed by atoms with Gasteiger partial charge in [0.1, 0.15) is 0 Å². The van der Waals surface area contributed by atoms with Gasteiger partial charge in [0.2, 0.25) is 0 Å². The lowest BCUT2D eigenvalue weighted by Crippen LogP contribution is -2.36. The molecule has 1 fully saturated rings. The van der Waals surface area contributed by atoms with Crippen LogP contribution in [0.25, 0.3) is 0 Å². The van der Waals surface area contributed by atoms with Gasteiger partial charge in [-0.05, 0) is 26.2 Å². The number of aryl methyl sites for hydroxylation is 1. The summed E-state index contributed by atoms with van der Waals surface area (Å²) in [7, 11) is -1.71. The van der Waals surface area contributed by atoms with Crippen LogP contribution < -0.4 is 0 Å². The van der Waals surface area contributed by atoms with E-state index in [1.54, 1.807) is 15.9 Å². The molecule has 2 unspecified atom stereocenters. The first kappa shape index (κ1) is 13.8. The average molecular weight is 292 g/mol. The highest BCUT2D eigenvalue weighted by atomic mass is 35.5. The molecule has 1 aromatic heterocycles. The molecule has 2 rings (SSSR count). The van der Waals surface area contributed by atoms with Gasteiger partial charge in [-0.25, -0.2) is 13.4 Å². The van der Waals surface area contributed by atoms with Crippen LogP contribution in [0, 0.1) is 0 Å². The highest BCUT2D eigenvalue weighted by molar-refractivity contribution is 7.89. The zero-order valence-corrected chi connectivity index (χ0v) is 12.2. The van der Waals surface area contributed by atoms with Crippen LogP contribution in [-0.4, -0.2) is 40.2 Å². The predicted molar refractivity (Wildman–Crippen MR) is 70.1 cm³/mol. The SMILES string of the molecule is CC(Cl)CC1CCCN1S(=O)(=O)c1cn(C)cn1. The smallest absolute Gasteiger partial charge is 0.262 e. The van der Waals surface area contributed by atoms with Gasteiger partial charge in [-0.3, -0.25) is 0 Å². The summed E-state index contributed by atoms with van der Waals surface area (Å²) in [6.07, 6.45) is 5.49. The molecule has 1 aliphatic rings. The molecule has 0 aromatic carbocycles. The highest BCUT2D eigenvalue weighted by Crippen LogP contribution is 2.28. The van der Waals surface area contributed by atoms with Crippen molar-refractivity contribution in [2.24, 2.45) is 7.05 Å². The Morgan fingerprint density at radius 2 is 2.33 bits per heavy atom. The number of imidazole rings is 1. The van der Waals surface area contributed by atoms with Crippen LogP contribution in [-0.2, 0) is 17.1 Å². The van der Waals surface area contributed by atoms with Gasteiger partial charge in [-0.15, -0.1) is 11.6 Å². The van der Waals surface area contributed by atoms with Crippen molar-refractivity contribution in [2.45, 2.75) is 42.6 Å². The second kappa shape index (κ2) is 5.19. The molecule has 0 N–H and O–H groups in total. The van der Waals surface area contributed by atoms with E-state index in [-0.39, 0.29) is 16.4 Å². The normalized spacial score (nSPS) is 23.4. The molecule has 0 aliphatic carbocycles. The van der Waals surface area contributed by atoms with Gasteiger partial charge in [0.15, 0.2) is 5.03 Å². The first-order chi connectivity index (χ1) is 8.41. The number of hydrogen-bond donors (Lipinski definition) is 0. The zero-order valence-electron chi connectivity index (χ0n) is 10.6. The number of alkyl halides is 1. The number of sulfonamides is 1. The number of rotatable bonds is 4. The molecule has 2 heterocycles. The van der Waals surface area contributed by atoms with E-state index in [4.69, 9.17) is 11.6 Å². The van der Waals surface area contributed by atoms with Crippen molar-refractivity contribution < 1.29 is 8.42 Å². The Morgan fingerprint density at radius 3 is 2.89 bits per heavy atom. The summed E-state index contributed by atoms with van der Waals surface area (Å²) >= 11 is 5.98. The Kier molecular flexibility index (Phi) is 3.99. The second-order valence-electron chi connectivity index (χ2n) is 4.81. The summed E-state index contributed by atoms with van der Waals surface area (Å²) in [4.78, 5) is 3.95. The van der Waals surface area contributed by atoms with E-state index in [9.17, 15) is 8.42 Å². The molecule has 0 spiro atoms. The van der Waals surface area contributed by atoms with Crippen molar-refractivity contribution >= 4 is 21.6 Å². The Balaban J connectivity index is 2.24. The van der Waals surface area contributed by atoms with Crippen LogP contribution in [0.3, 0.4) is 0 Å². The predicted octanol–water partition coefficient (Wildman–Crippen LogP) is 1.59. The van der Waals surface area contributed by atoms with Gasteiger partial charge in [0.25, 0.3) is 10.0 Å². The average Bonchev–Trinajstić information content (AvgIpc) is 2.86. The molecular formula is C11H18ClN3O2S. The van der Waals surface area contributed by atoms with Crippen molar-refractivity contribution in [3.8, 4) is 0 Å². The minimum Gasteiger partial charge on any atom is -0.339 e. The van der Waals surface area contributed by atoms with Crippen LogP contribution in [0.15, 0.2) is 17.6 Å². The van der Waals surface area contributed by atoms with Gasteiger partial charge >= 0.3 is 0 Å². The van der Waals surface area contributed by atoms with Crippen molar-refractivity contribution in [1.29, 1.82) is 0 Å². The molecule has 7 heteroatoms. The Labute approximate surface area is 113 Å². The number of nitrogens with zero attached hydrogens (tertiary/aromatic N) is 3. The second-order valence-corrected chi connectivity index (χ2v) is 7.39.